The van der Waals surface area contributed by atoms with Crippen molar-refractivity contribution in [2.45, 2.75) is 50.5 Å². The highest BCUT2D eigenvalue weighted by atomic mass is 32.2. The summed E-state index contributed by atoms with van der Waals surface area (Å²) in [5.74, 6) is -1.67. The zero-order chi connectivity index (χ0) is 29.7. The molecule has 0 heterocycles. The summed E-state index contributed by atoms with van der Waals surface area (Å²) < 4.78 is 33.4. The van der Waals surface area contributed by atoms with Gasteiger partial charge < -0.3 is 20.9 Å². The number of guanidine groups is 1. The number of fused-ring (bicyclic) bond motifs is 3. The van der Waals surface area contributed by atoms with Crippen LogP contribution in [0.4, 0.5) is 4.79 Å². The number of amides is 1. The van der Waals surface area contributed by atoms with Gasteiger partial charge in [0.2, 0.25) is 5.96 Å². The predicted molar refractivity (Wildman–Crippen MR) is 156 cm³/mol. The summed E-state index contributed by atoms with van der Waals surface area (Å²) in [6, 6.07) is 18.2. The second-order valence-electron chi connectivity index (χ2n) is 10.1. The third kappa shape index (κ3) is 6.86. The summed E-state index contributed by atoms with van der Waals surface area (Å²) in [7, 11) is -3.94. The van der Waals surface area contributed by atoms with Crippen LogP contribution >= 0.6 is 0 Å². The maximum Gasteiger partial charge on any atom is 0.407 e. The van der Waals surface area contributed by atoms with Crippen LogP contribution in [0.25, 0.3) is 11.1 Å². The van der Waals surface area contributed by atoms with Crippen LogP contribution in [-0.4, -0.2) is 50.7 Å². The van der Waals surface area contributed by atoms with Gasteiger partial charge in [-0.15, -0.1) is 0 Å². The van der Waals surface area contributed by atoms with E-state index in [4.69, 9.17) is 10.5 Å². The molecule has 1 atom stereocenters. The van der Waals surface area contributed by atoms with Crippen LogP contribution in [0, 0.1) is 20.8 Å². The number of nitrogens with one attached hydrogen (secondary N) is 2. The standard InChI is InChI=1S/C30H34N4O6S/c1-18-15-19(2)27(20(3)16-18)41(38,39)34-29(31)32-14-8-13-26(28(35)36)33-30(37)40-17-25-23-11-6-4-9-21(23)22-10-5-7-12-24(22)25/h4-7,9-12,15-16,25-26H,8,13-14,17H2,1-3H3,(H,33,37)(H,35,36)(H3,31,32,34). The number of sulfonamides is 1. The number of rotatable bonds is 10. The van der Waals surface area contributed by atoms with E-state index in [1.54, 1.807) is 26.0 Å². The van der Waals surface area contributed by atoms with Gasteiger partial charge in [-0.1, -0.05) is 66.2 Å². The predicted octanol–water partition coefficient (Wildman–Crippen LogP) is 3.98. The first-order valence-corrected chi connectivity index (χ1v) is 14.7. The maximum absolute atomic E-state index is 12.8. The van der Waals surface area contributed by atoms with Gasteiger partial charge in [0, 0.05) is 12.5 Å². The fourth-order valence-corrected chi connectivity index (χ4v) is 6.75. The minimum absolute atomic E-state index is 0.0409. The fourth-order valence-electron chi connectivity index (χ4n) is 5.35. The molecule has 1 aliphatic rings. The molecule has 11 heteroatoms. The highest BCUT2D eigenvalue weighted by molar-refractivity contribution is 7.90. The zero-order valence-corrected chi connectivity index (χ0v) is 24.0. The van der Waals surface area contributed by atoms with Crippen molar-refractivity contribution in [3.8, 4) is 11.1 Å². The Morgan fingerprint density at radius 1 is 1.00 bits per heavy atom. The van der Waals surface area contributed by atoms with E-state index in [1.807, 2.05) is 55.5 Å². The molecule has 1 aliphatic carbocycles. The van der Waals surface area contributed by atoms with Crippen LogP contribution in [-0.2, 0) is 19.6 Å². The Balaban J connectivity index is 1.29. The number of nitrogens with zero attached hydrogens (tertiary/aromatic N) is 1. The van der Waals surface area contributed by atoms with Crippen molar-refractivity contribution in [2.24, 2.45) is 10.7 Å². The Kier molecular flexibility index (Phi) is 8.97. The SMILES string of the molecule is Cc1cc(C)c(S(=O)(=O)NC(N)=NCCCC(NC(=O)OCC2c3ccccc3-c3ccccc32)C(=O)O)c(C)c1. The minimum atomic E-state index is -3.94. The number of hydrogen-bond acceptors (Lipinski definition) is 6. The van der Waals surface area contributed by atoms with Gasteiger partial charge in [-0.25, -0.2) is 22.7 Å². The van der Waals surface area contributed by atoms with Crippen molar-refractivity contribution in [2.75, 3.05) is 13.2 Å². The molecule has 0 saturated heterocycles. The smallest absolute Gasteiger partial charge is 0.407 e. The molecule has 0 radical (unpaired) electrons. The Bertz CT molecular complexity index is 1530. The van der Waals surface area contributed by atoms with E-state index in [9.17, 15) is 23.1 Å². The van der Waals surface area contributed by atoms with E-state index in [0.717, 1.165) is 27.8 Å². The molecule has 0 spiro atoms. The van der Waals surface area contributed by atoms with Crippen LogP contribution in [0.2, 0.25) is 0 Å². The number of carboxylic acid groups (broad SMARTS) is 1. The number of benzene rings is 3. The molecular formula is C30H34N4O6S. The monoisotopic (exact) mass is 578 g/mol. The summed E-state index contributed by atoms with van der Waals surface area (Å²) in [6.07, 6.45) is -0.566. The lowest BCUT2D eigenvalue weighted by Crippen LogP contribution is -2.41. The number of carboxylic acids is 1. The van der Waals surface area contributed by atoms with Crippen molar-refractivity contribution in [1.29, 1.82) is 0 Å². The molecule has 1 unspecified atom stereocenters. The summed E-state index contributed by atoms with van der Waals surface area (Å²) >= 11 is 0. The number of aliphatic imine (C=N–C) groups is 1. The maximum atomic E-state index is 12.8. The van der Waals surface area contributed by atoms with Crippen molar-refractivity contribution in [1.82, 2.24) is 10.0 Å². The van der Waals surface area contributed by atoms with Crippen molar-refractivity contribution < 1.29 is 27.9 Å². The average molecular weight is 579 g/mol. The van der Waals surface area contributed by atoms with Gasteiger partial charge in [0.25, 0.3) is 10.0 Å². The normalized spacial score (nSPS) is 13.7. The molecule has 5 N–H and O–H groups in total. The third-order valence-electron chi connectivity index (χ3n) is 6.98. The van der Waals surface area contributed by atoms with Gasteiger partial charge >= 0.3 is 12.1 Å². The zero-order valence-electron chi connectivity index (χ0n) is 23.2. The van der Waals surface area contributed by atoms with Crippen LogP contribution in [0.3, 0.4) is 0 Å². The average Bonchev–Trinajstić information content (AvgIpc) is 3.21. The van der Waals surface area contributed by atoms with Gasteiger partial charge in [0.15, 0.2) is 0 Å². The van der Waals surface area contributed by atoms with Gasteiger partial charge in [0.05, 0.1) is 4.90 Å². The molecule has 0 fully saturated rings. The van der Waals surface area contributed by atoms with Crippen LogP contribution in [0.1, 0.15) is 46.6 Å². The van der Waals surface area contributed by atoms with E-state index in [1.165, 1.54) is 0 Å². The van der Waals surface area contributed by atoms with E-state index in [-0.39, 0.29) is 42.8 Å². The first-order valence-electron chi connectivity index (χ1n) is 13.2. The lowest BCUT2D eigenvalue weighted by Gasteiger charge is -2.17. The quantitative estimate of drug-likeness (QED) is 0.161. The minimum Gasteiger partial charge on any atom is -0.480 e. The van der Waals surface area contributed by atoms with Gasteiger partial charge in [-0.05, 0) is 67.0 Å². The fraction of sp³-hybridized carbons (Fsp3) is 0.300. The second-order valence-corrected chi connectivity index (χ2v) is 11.7. The molecule has 4 rings (SSSR count). The lowest BCUT2D eigenvalue weighted by molar-refractivity contribution is -0.139. The summed E-state index contributed by atoms with van der Waals surface area (Å²) in [6.45, 7) is 5.41. The van der Waals surface area contributed by atoms with Crippen LogP contribution in [0.5, 0.6) is 0 Å². The lowest BCUT2D eigenvalue weighted by atomic mass is 9.98. The molecule has 1 amide bonds. The first kappa shape index (κ1) is 29.6. The number of carbonyl (C=O) groups is 2. The van der Waals surface area contributed by atoms with Crippen molar-refractivity contribution >= 4 is 28.0 Å². The number of carbonyl (C=O) groups excluding carboxylic acids is 1. The molecule has 3 aromatic rings. The molecule has 0 aliphatic heterocycles. The molecule has 41 heavy (non-hydrogen) atoms. The molecular weight excluding hydrogens is 544 g/mol. The molecule has 3 aromatic carbocycles. The van der Waals surface area contributed by atoms with Crippen LogP contribution < -0.4 is 15.8 Å². The Morgan fingerprint density at radius 2 is 1.56 bits per heavy atom. The number of alkyl carbamates (subject to hydrolysis) is 1. The summed E-state index contributed by atoms with van der Waals surface area (Å²) in [5, 5.41) is 12.0. The summed E-state index contributed by atoms with van der Waals surface area (Å²) in [5.41, 5.74) is 12.2. The summed E-state index contributed by atoms with van der Waals surface area (Å²) in [4.78, 5) is 28.4. The number of aryl methyl sites for hydroxylation is 3. The number of hydrogen-bond donors (Lipinski definition) is 4. The second kappa shape index (κ2) is 12.4. The molecule has 0 bridgehead atoms. The molecule has 0 aromatic heterocycles. The number of nitrogens with two attached hydrogens (primary N) is 1. The van der Waals surface area contributed by atoms with Crippen molar-refractivity contribution in [3.05, 3.63) is 88.5 Å². The number of aliphatic carboxylic acids is 1. The van der Waals surface area contributed by atoms with Gasteiger partial charge in [-0.3, -0.25) is 4.99 Å². The van der Waals surface area contributed by atoms with E-state index in [2.05, 4.69) is 15.0 Å². The Morgan fingerprint density at radius 3 is 2.12 bits per heavy atom. The Labute approximate surface area is 239 Å². The molecule has 10 nitrogen and oxygen atoms in total. The Hall–Kier alpha value is -4.38. The van der Waals surface area contributed by atoms with Gasteiger partial charge in [-0.2, -0.15) is 0 Å². The third-order valence-corrected chi connectivity index (χ3v) is 8.64. The first-order chi connectivity index (χ1) is 19.5. The van der Waals surface area contributed by atoms with E-state index >= 15 is 0 Å². The topological polar surface area (TPSA) is 160 Å². The molecule has 0 saturated carbocycles. The highest BCUT2D eigenvalue weighted by Gasteiger charge is 2.29. The number of ether oxygens (including phenoxy) is 1. The molecule has 216 valence electrons. The van der Waals surface area contributed by atoms with Crippen molar-refractivity contribution in [3.63, 3.8) is 0 Å². The van der Waals surface area contributed by atoms with E-state index < -0.39 is 28.1 Å². The highest BCUT2D eigenvalue weighted by Crippen LogP contribution is 2.44. The largest absolute Gasteiger partial charge is 0.480 e. The van der Waals surface area contributed by atoms with Crippen LogP contribution in [0.15, 0.2) is 70.6 Å². The van der Waals surface area contributed by atoms with Gasteiger partial charge in [0.1, 0.15) is 12.6 Å². The van der Waals surface area contributed by atoms with E-state index in [0.29, 0.717) is 11.1 Å².